The highest BCUT2D eigenvalue weighted by Crippen LogP contribution is 2.15. The summed E-state index contributed by atoms with van der Waals surface area (Å²) in [5, 5.41) is 3.28. The average molecular weight is 186 g/mol. The van der Waals surface area contributed by atoms with E-state index in [1.165, 1.54) is 26.1 Å². The maximum Gasteiger partial charge on any atom is 0.103 e. The van der Waals surface area contributed by atoms with Crippen LogP contribution in [-0.4, -0.2) is 43.8 Å². The summed E-state index contributed by atoms with van der Waals surface area (Å²) in [4.78, 5) is 2.41. The Morgan fingerprint density at radius 3 is 2.46 bits per heavy atom. The highest BCUT2D eigenvalue weighted by atomic mass is 19.1. The van der Waals surface area contributed by atoms with Gasteiger partial charge >= 0.3 is 0 Å². The third-order valence-corrected chi connectivity index (χ3v) is 3.24. The van der Waals surface area contributed by atoms with E-state index in [9.17, 15) is 4.39 Å². The molecule has 13 heavy (non-hydrogen) atoms. The minimum Gasteiger partial charge on any atom is -0.316 e. The number of nitrogens with zero attached hydrogens (tertiary/aromatic N) is 1. The number of halogens is 1. The molecule has 2 aliphatic rings. The van der Waals surface area contributed by atoms with Crippen LogP contribution < -0.4 is 5.32 Å². The number of hydrogen-bond acceptors (Lipinski definition) is 2. The quantitative estimate of drug-likeness (QED) is 0.708. The Labute approximate surface area is 79.5 Å². The van der Waals surface area contributed by atoms with Crippen molar-refractivity contribution >= 4 is 0 Å². The molecule has 2 saturated heterocycles. The van der Waals surface area contributed by atoms with Gasteiger partial charge in [0, 0.05) is 13.1 Å². The zero-order valence-electron chi connectivity index (χ0n) is 8.14. The molecule has 0 aromatic rings. The Balaban J connectivity index is 1.59. The molecule has 0 aromatic heterocycles. The molecule has 0 aliphatic carbocycles. The van der Waals surface area contributed by atoms with Crippen molar-refractivity contribution in [2.75, 3.05) is 32.7 Å². The lowest BCUT2D eigenvalue weighted by Gasteiger charge is -2.32. The van der Waals surface area contributed by atoms with E-state index >= 15 is 0 Å². The van der Waals surface area contributed by atoms with Crippen LogP contribution >= 0.6 is 0 Å². The summed E-state index contributed by atoms with van der Waals surface area (Å²) in [6.07, 6.45) is 2.28. The van der Waals surface area contributed by atoms with Gasteiger partial charge < -0.3 is 10.2 Å². The van der Waals surface area contributed by atoms with Crippen LogP contribution in [0.3, 0.4) is 0 Å². The number of hydrogen-bond donors (Lipinski definition) is 1. The molecule has 3 heteroatoms. The van der Waals surface area contributed by atoms with Gasteiger partial charge in [-0.3, -0.25) is 0 Å². The van der Waals surface area contributed by atoms with Gasteiger partial charge in [-0.05, 0) is 44.8 Å². The van der Waals surface area contributed by atoms with E-state index in [1.807, 2.05) is 0 Å². The second-order valence-corrected chi connectivity index (χ2v) is 4.33. The van der Waals surface area contributed by atoms with Crippen molar-refractivity contribution in [3.8, 4) is 0 Å². The molecule has 0 aromatic carbocycles. The standard InChI is InChI=1S/C10H19FN2/c11-10-2-5-13(6-3-10)4-1-9-7-12-8-9/h9-10,12H,1-8H2. The monoisotopic (exact) mass is 186 g/mol. The predicted molar refractivity (Wildman–Crippen MR) is 51.5 cm³/mol. The predicted octanol–water partition coefficient (Wildman–Crippen LogP) is 1.03. The summed E-state index contributed by atoms with van der Waals surface area (Å²) in [5.41, 5.74) is 0. The molecule has 0 radical (unpaired) electrons. The minimum atomic E-state index is -0.526. The van der Waals surface area contributed by atoms with E-state index in [0.29, 0.717) is 0 Å². The second kappa shape index (κ2) is 4.38. The van der Waals surface area contributed by atoms with Crippen molar-refractivity contribution in [2.45, 2.75) is 25.4 Å². The van der Waals surface area contributed by atoms with Crippen LogP contribution in [-0.2, 0) is 0 Å². The van der Waals surface area contributed by atoms with Crippen LogP contribution in [0.2, 0.25) is 0 Å². The van der Waals surface area contributed by atoms with Gasteiger partial charge in [-0.25, -0.2) is 4.39 Å². The van der Waals surface area contributed by atoms with Crippen LogP contribution in [0.1, 0.15) is 19.3 Å². The first-order valence-corrected chi connectivity index (χ1v) is 5.42. The molecule has 2 fully saturated rings. The second-order valence-electron chi connectivity index (χ2n) is 4.33. The fourth-order valence-corrected chi connectivity index (χ4v) is 2.04. The van der Waals surface area contributed by atoms with E-state index in [2.05, 4.69) is 10.2 Å². The minimum absolute atomic E-state index is 0.526. The number of alkyl halides is 1. The number of rotatable bonds is 3. The Morgan fingerprint density at radius 1 is 1.23 bits per heavy atom. The Hall–Kier alpha value is -0.150. The zero-order valence-corrected chi connectivity index (χ0v) is 8.14. The summed E-state index contributed by atoms with van der Waals surface area (Å²) in [6.45, 7) is 5.51. The number of likely N-dealkylation sites (tertiary alicyclic amines) is 1. The molecule has 0 spiro atoms. The number of nitrogens with one attached hydrogen (secondary N) is 1. The first-order chi connectivity index (χ1) is 6.34. The van der Waals surface area contributed by atoms with Crippen LogP contribution in [0.15, 0.2) is 0 Å². The summed E-state index contributed by atoms with van der Waals surface area (Å²) in [6, 6.07) is 0. The van der Waals surface area contributed by atoms with Crippen molar-refractivity contribution < 1.29 is 4.39 Å². The molecule has 76 valence electrons. The lowest BCUT2D eigenvalue weighted by molar-refractivity contribution is 0.139. The van der Waals surface area contributed by atoms with Crippen molar-refractivity contribution in [2.24, 2.45) is 5.92 Å². The molecule has 0 unspecified atom stereocenters. The zero-order chi connectivity index (χ0) is 9.10. The van der Waals surface area contributed by atoms with E-state index in [4.69, 9.17) is 0 Å². The maximum absolute atomic E-state index is 12.8. The van der Waals surface area contributed by atoms with Crippen LogP contribution in [0.4, 0.5) is 4.39 Å². The summed E-state index contributed by atoms with van der Waals surface area (Å²) in [5.74, 6) is 0.892. The summed E-state index contributed by atoms with van der Waals surface area (Å²) >= 11 is 0. The van der Waals surface area contributed by atoms with Crippen LogP contribution in [0, 0.1) is 5.92 Å². The highest BCUT2D eigenvalue weighted by Gasteiger charge is 2.21. The van der Waals surface area contributed by atoms with Gasteiger partial charge in [0.2, 0.25) is 0 Å². The Morgan fingerprint density at radius 2 is 1.92 bits per heavy atom. The SMILES string of the molecule is FC1CCN(CCC2CNC2)CC1. The molecule has 0 atom stereocenters. The molecule has 2 aliphatic heterocycles. The van der Waals surface area contributed by atoms with E-state index in [1.54, 1.807) is 0 Å². The van der Waals surface area contributed by atoms with Gasteiger partial charge in [-0.15, -0.1) is 0 Å². The third kappa shape index (κ3) is 2.64. The largest absolute Gasteiger partial charge is 0.316 e. The molecule has 0 bridgehead atoms. The fourth-order valence-electron chi connectivity index (χ4n) is 2.04. The molecule has 2 heterocycles. The van der Waals surface area contributed by atoms with Crippen molar-refractivity contribution in [3.63, 3.8) is 0 Å². The Bertz CT molecular complexity index is 151. The first kappa shape index (κ1) is 9.41. The lowest BCUT2D eigenvalue weighted by Crippen LogP contribution is -2.44. The van der Waals surface area contributed by atoms with Crippen molar-refractivity contribution in [1.29, 1.82) is 0 Å². The van der Waals surface area contributed by atoms with Gasteiger partial charge in [0.25, 0.3) is 0 Å². The molecular weight excluding hydrogens is 167 g/mol. The van der Waals surface area contributed by atoms with Crippen LogP contribution in [0.5, 0.6) is 0 Å². The fraction of sp³-hybridized carbons (Fsp3) is 1.00. The first-order valence-electron chi connectivity index (χ1n) is 5.42. The molecule has 2 nitrogen and oxygen atoms in total. The average Bonchev–Trinajstić information content (AvgIpc) is 2.05. The number of piperidine rings is 1. The third-order valence-electron chi connectivity index (χ3n) is 3.24. The van der Waals surface area contributed by atoms with E-state index in [-0.39, 0.29) is 0 Å². The van der Waals surface area contributed by atoms with Crippen molar-refractivity contribution in [3.05, 3.63) is 0 Å². The Kier molecular flexibility index (Phi) is 3.17. The molecule has 0 amide bonds. The van der Waals surface area contributed by atoms with Crippen LogP contribution in [0.25, 0.3) is 0 Å². The van der Waals surface area contributed by atoms with Crippen molar-refractivity contribution in [1.82, 2.24) is 10.2 Å². The van der Waals surface area contributed by atoms with Gasteiger partial charge in [0.15, 0.2) is 0 Å². The van der Waals surface area contributed by atoms with Gasteiger partial charge in [0.05, 0.1) is 0 Å². The molecule has 1 N–H and O–H groups in total. The van der Waals surface area contributed by atoms with Gasteiger partial charge in [-0.1, -0.05) is 0 Å². The molecule has 2 rings (SSSR count). The molecule has 0 saturated carbocycles. The summed E-state index contributed by atoms with van der Waals surface area (Å²) in [7, 11) is 0. The lowest BCUT2D eigenvalue weighted by atomic mass is 9.98. The van der Waals surface area contributed by atoms with Gasteiger partial charge in [0.1, 0.15) is 6.17 Å². The maximum atomic E-state index is 12.8. The topological polar surface area (TPSA) is 15.3 Å². The smallest absolute Gasteiger partial charge is 0.103 e. The highest BCUT2D eigenvalue weighted by molar-refractivity contribution is 4.77. The summed E-state index contributed by atoms with van der Waals surface area (Å²) < 4.78 is 12.8. The normalized spacial score (nSPS) is 27.5. The van der Waals surface area contributed by atoms with E-state index < -0.39 is 6.17 Å². The molecular formula is C10H19FN2. The van der Waals surface area contributed by atoms with Gasteiger partial charge in [-0.2, -0.15) is 0 Å². The van der Waals surface area contributed by atoms with E-state index in [0.717, 1.165) is 31.8 Å².